The second-order valence-electron chi connectivity index (χ2n) is 10.2. The molecule has 0 aliphatic rings. The molecule has 0 fully saturated rings. The zero-order valence-corrected chi connectivity index (χ0v) is 28.5. The first kappa shape index (κ1) is 34.2. The highest BCUT2D eigenvalue weighted by molar-refractivity contribution is 8.00. The lowest BCUT2D eigenvalue weighted by atomic mass is 10.1. The molecule has 244 valence electrons. The number of carbonyl (C=O) groups excluding carboxylic acids is 3. The molecule has 1 atom stereocenters. The summed E-state index contributed by atoms with van der Waals surface area (Å²) in [6.07, 6.45) is 1.53. The number of thioether (sulfide) groups is 1. The normalized spacial score (nSPS) is 11.7. The number of thiazole rings is 1. The van der Waals surface area contributed by atoms with Gasteiger partial charge in [0.05, 0.1) is 25.2 Å². The summed E-state index contributed by atoms with van der Waals surface area (Å²) in [7, 11) is 3.05. The number of nitrogens with zero attached hydrogens (tertiary/aromatic N) is 1. The fourth-order valence-corrected chi connectivity index (χ4v) is 6.27. The Morgan fingerprint density at radius 1 is 0.896 bits per heavy atom. The summed E-state index contributed by atoms with van der Waals surface area (Å²) in [6.45, 7) is 1.80. The average Bonchev–Trinajstić information content (AvgIpc) is 3.57. The van der Waals surface area contributed by atoms with E-state index in [-0.39, 0.29) is 11.6 Å². The Labute approximate surface area is 291 Å². The summed E-state index contributed by atoms with van der Waals surface area (Å²) in [5.41, 5.74) is 2.91. The molecule has 1 heterocycles. The minimum Gasteiger partial charge on any atom is -0.497 e. The smallest absolute Gasteiger partial charge is 0.272 e. The molecule has 4 aromatic carbocycles. The van der Waals surface area contributed by atoms with Crippen molar-refractivity contribution in [2.75, 3.05) is 24.9 Å². The lowest BCUT2D eigenvalue weighted by Crippen LogP contribution is -2.30. The highest BCUT2D eigenvalue weighted by atomic mass is 35.5. The second-order valence-corrected chi connectivity index (χ2v) is 12.9. The zero-order chi connectivity index (χ0) is 34.0. The van der Waals surface area contributed by atoms with Crippen LogP contribution in [-0.4, -0.2) is 42.2 Å². The highest BCUT2D eigenvalue weighted by Gasteiger charge is 2.19. The number of methoxy groups -OCH3 is 2. The van der Waals surface area contributed by atoms with Crippen molar-refractivity contribution in [1.82, 2.24) is 10.3 Å². The third-order valence-electron chi connectivity index (χ3n) is 6.94. The van der Waals surface area contributed by atoms with Crippen LogP contribution in [0.2, 0.25) is 5.02 Å². The Bertz CT molecular complexity index is 1950. The molecule has 3 N–H and O–H groups in total. The van der Waals surface area contributed by atoms with Crippen LogP contribution in [0.4, 0.5) is 10.8 Å². The number of halogens is 1. The lowest BCUT2D eigenvalue weighted by molar-refractivity contribution is -0.115. The first-order chi connectivity index (χ1) is 23.2. The minimum absolute atomic E-state index is 0.000898. The standard InChI is InChI=1S/C36H31ClN4O5S2/c1-22(33(42)41-36-40-31(21-47-36)28-11-7-8-12-29(28)37)48-27-16-13-25(14-17-27)38-35(44)30(39-34(43)23-9-5-4-6-10-23)20-24-19-26(45-2)15-18-32(24)46-3/h4-22H,1-3H3,(H,38,44)(H,39,43)(H,40,41,42)/b30-20-. The molecule has 0 radical (unpaired) electrons. The maximum absolute atomic E-state index is 13.5. The summed E-state index contributed by atoms with van der Waals surface area (Å²) in [5, 5.41) is 10.9. The van der Waals surface area contributed by atoms with Crippen molar-refractivity contribution in [3.05, 3.63) is 124 Å². The number of amides is 3. The van der Waals surface area contributed by atoms with Gasteiger partial charge in [-0.1, -0.05) is 48.0 Å². The summed E-state index contributed by atoms with van der Waals surface area (Å²) in [5.74, 6) is -0.145. The van der Waals surface area contributed by atoms with Gasteiger partial charge in [-0.15, -0.1) is 23.1 Å². The molecule has 0 saturated heterocycles. The molecule has 0 aliphatic carbocycles. The maximum atomic E-state index is 13.5. The van der Waals surface area contributed by atoms with Crippen LogP contribution in [0.3, 0.4) is 0 Å². The van der Waals surface area contributed by atoms with Crippen molar-refractivity contribution in [3.8, 4) is 22.8 Å². The Kier molecular flexibility index (Phi) is 11.5. The van der Waals surface area contributed by atoms with Gasteiger partial charge in [0.15, 0.2) is 5.13 Å². The van der Waals surface area contributed by atoms with Gasteiger partial charge >= 0.3 is 0 Å². The molecule has 1 unspecified atom stereocenters. The average molecular weight is 699 g/mol. The molecule has 0 bridgehead atoms. The quantitative estimate of drug-likeness (QED) is 0.0892. The van der Waals surface area contributed by atoms with E-state index in [1.54, 1.807) is 85.8 Å². The molecule has 5 aromatic rings. The van der Waals surface area contributed by atoms with Crippen LogP contribution in [-0.2, 0) is 9.59 Å². The SMILES string of the molecule is COc1ccc(OC)c(/C=C(\NC(=O)c2ccccc2)C(=O)Nc2ccc(SC(C)C(=O)Nc3nc(-c4ccccc4Cl)cs3)cc2)c1. The number of hydrogen-bond donors (Lipinski definition) is 3. The van der Waals surface area contributed by atoms with E-state index < -0.39 is 17.1 Å². The highest BCUT2D eigenvalue weighted by Crippen LogP contribution is 2.32. The van der Waals surface area contributed by atoms with Gasteiger partial charge in [-0.25, -0.2) is 4.98 Å². The van der Waals surface area contributed by atoms with Gasteiger partial charge in [0.2, 0.25) is 5.91 Å². The minimum atomic E-state index is -0.545. The summed E-state index contributed by atoms with van der Waals surface area (Å²) >= 11 is 8.98. The molecule has 12 heteroatoms. The second kappa shape index (κ2) is 16.1. The molecule has 5 rings (SSSR count). The van der Waals surface area contributed by atoms with Crippen molar-refractivity contribution in [2.24, 2.45) is 0 Å². The van der Waals surface area contributed by atoms with Gasteiger partial charge in [-0.3, -0.25) is 14.4 Å². The number of nitrogens with one attached hydrogen (secondary N) is 3. The molecule has 48 heavy (non-hydrogen) atoms. The number of anilines is 2. The third kappa shape index (κ3) is 8.82. The van der Waals surface area contributed by atoms with Crippen LogP contribution in [0.5, 0.6) is 11.5 Å². The van der Waals surface area contributed by atoms with Gasteiger partial charge in [-0.2, -0.15) is 0 Å². The van der Waals surface area contributed by atoms with Gasteiger partial charge in [0, 0.05) is 37.7 Å². The number of carbonyl (C=O) groups is 3. The first-order valence-electron chi connectivity index (χ1n) is 14.6. The van der Waals surface area contributed by atoms with Gasteiger partial charge in [0.25, 0.3) is 11.8 Å². The monoisotopic (exact) mass is 698 g/mol. The van der Waals surface area contributed by atoms with Crippen molar-refractivity contribution in [3.63, 3.8) is 0 Å². The molecular weight excluding hydrogens is 668 g/mol. The van der Waals surface area contributed by atoms with Crippen LogP contribution in [0.25, 0.3) is 17.3 Å². The topological polar surface area (TPSA) is 119 Å². The first-order valence-corrected chi connectivity index (χ1v) is 16.8. The Morgan fingerprint density at radius 3 is 2.33 bits per heavy atom. The fourth-order valence-electron chi connectivity index (χ4n) is 4.45. The van der Waals surface area contributed by atoms with Crippen molar-refractivity contribution in [1.29, 1.82) is 0 Å². The number of benzene rings is 4. The van der Waals surface area contributed by atoms with E-state index >= 15 is 0 Å². The van der Waals surface area contributed by atoms with E-state index in [2.05, 4.69) is 20.9 Å². The van der Waals surface area contributed by atoms with E-state index in [1.807, 2.05) is 23.6 Å². The third-order valence-corrected chi connectivity index (χ3v) is 9.14. The van der Waals surface area contributed by atoms with Gasteiger partial charge in [0.1, 0.15) is 17.2 Å². The zero-order valence-electron chi connectivity index (χ0n) is 26.2. The van der Waals surface area contributed by atoms with Crippen molar-refractivity contribution in [2.45, 2.75) is 17.1 Å². The largest absolute Gasteiger partial charge is 0.497 e. The summed E-state index contributed by atoms with van der Waals surface area (Å²) < 4.78 is 10.8. The van der Waals surface area contributed by atoms with Crippen LogP contribution >= 0.6 is 34.7 Å². The molecule has 3 amide bonds. The Balaban J connectivity index is 1.26. The van der Waals surface area contributed by atoms with E-state index in [9.17, 15) is 14.4 Å². The van der Waals surface area contributed by atoms with Crippen LogP contribution < -0.4 is 25.4 Å². The van der Waals surface area contributed by atoms with E-state index in [1.165, 1.54) is 43.4 Å². The van der Waals surface area contributed by atoms with Gasteiger partial charge < -0.3 is 25.4 Å². The van der Waals surface area contributed by atoms with Crippen LogP contribution in [0.1, 0.15) is 22.8 Å². The predicted octanol–water partition coefficient (Wildman–Crippen LogP) is 8.01. The molecule has 1 aromatic heterocycles. The molecule has 9 nitrogen and oxygen atoms in total. The lowest BCUT2D eigenvalue weighted by Gasteiger charge is -2.14. The summed E-state index contributed by atoms with van der Waals surface area (Å²) in [4.78, 5) is 44.9. The van der Waals surface area contributed by atoms with Crippen molar-refractivity contribution < 1.29 is 23.9 Å². The molecule has 0 saturated carbocycles. The van der Waals surface area contributed by atoms with Crippen molar-refractivity contribution >= 4 is 69.3 Å². The van der Waals surface area contributed by atoms with Crippen LogP contribution in [0.15, 0.2) is 113 Å². The predicted molar refractivity (Wildman–Crippen MR) is 193 cm³/mol. The van der Waals surface area contributed by atoms with E-state index in [0.29, 0.717) is 44.2 Å². The molecular formula is C36H31ClN4O5S2. The van der Waals surface area contributed by atoms with E-state index in [0.717, 1.165) is 10.5 Å². The number of aromatic nitrogens is 1. The van der Waals surface area contributed by atoms with E-state index in [4.69, 9.17) is 21.1 Å². The van der Waals surface area contributed by atoms with Crippen LogP contribution in [0, 0.1) is 0 Å². The van der Waals surface area contributed by atoms with Gasteiger partial charge in [-0.05, 0) is 73.7 Å². The number of hydrogen-bond acceptors (Lipinski definition) is 8. The Hall–Kier alpha value is -5.10. The number of ether oxygens (including phenoxy) is 2. The Morgan fingerprint density at radius 2 is 1.62 bits per heavy atom. The summed E-state index contributed by atoms with van der Waals surface area (Å²) in [6, 6.07) is 28.2. The molecule has 0 aliphatic heterocycles. The fraction of sp³-hybridized carbons (Fsp3) is 0.111. The molecule has 0 spiro atoms. The maximum Gasteiger partial charge on any atom is 0.272 e. The number of rotatable bonds is 12.